The maximum absolute atomic E-state index is 5.89. The van der Waals surface area contributed by atoms with Crippen molar-refractivity contribution in [3.05, 3.63) is 120 Å². The highest BCUT2D eigenvalue weighted by Crippen LogP contribution is 2.61. The number of nitrogens with two attached hydrogens (primary N) is 2. The largest absolute Gasteiger partial charge is 0.350 e. The summed E-state index contributed by atoms with van der Waals surface area (Å²) >= 11 is 3.37. The molecule has 2 aliphatic carbocycles. The summed E-state index contributed by atoms with van der Waals surface area (Å²) in [6.07, 6.45) is 10.9. The second-order valence-corrected chi connectivity index (χ2v) is 14.6. The minimum absolute atomic E-state index is 0.0530. The summed E-state index contributed by atoms with van der Waals surface area (Å²) in [4.78, 5) is 20.0. The fourth-order valence-electron chi connectivity index (χ4n) is 6.62. The van der Waals surface area contributed by atoms with Crippen LogP contribution in [0.25, 0.3) is 0 Å². The van der Waals surface area contributed by atoms with Gasteiger partial charge in [-0.3, -0.25) is 0 Å². The zero-order valence-corrected chi connectivity index (χ0v) is 28.5. The number of thioether (sulfide) groups is 2. The molecule has 6 rings (SSSR count). The van der Waals surface area contributed by atoms with Crippen molar-refractivity contribution in [1.29, 1.82) is 0 Å². The number of nitrogens with one attached hydrogen (secondary N) is 2. The lowest BCUT2D eigenvalue weighted by molar-refractivity contribution is 0.0765. The monoisotopic (exact) mass is 664 g/mol. The van der Waals surface area contributed by atoms with Crippen LogP contribution >= 0.6 is 23.5 Å². The second kappa shape index (κ2) is 15.9. The first-order valence-corrected chi connectivity index (χ1v) is 18.4. The first-order valence-electron chi connectivity index (χ1n) is 16.4. The van der Waals surface area contributed by atoms with E-state index in [0.717, 1.165) is 45.8 Å². The SMILES string of the molecule is CC1(C2C(c3cc(SCCN)nc(NCc4ccccc4)n3)CC2c2cc(SCCN)nc(NCc3ccccc3)n2)C=CC=CC1. The van der Waals surface area contributed by atoms with Crippen LogP contribution in [-0.2, 0) is 13.1 Å². The van der Waals surface area contributed by atoms with Gasteiger partial charge in [-0.25, -0.2) is 19.9 Å². The molecule has 47 heavy (non-hydrogen) atoms. The van der Waals surface area contributed by atoms with Gasteiger partial charge < -0.3 is 22.1 Å². The molecule has 6 N–H and O–H groups in total. The lowest BCUT2D eigenvalue weighted by atomic mass is 9.51. The first kappa shape index (κ1) is 33.2. The molecule has 2 aromatic carbocycles. The third-order valence-electron chi connectivity index (χ3n) is 8.95. The maximum atomic E-state index is 5.89. The zero-order valence-electron chi connectivity index (χ0n) is 26.9. The lowest BCUT2D eigenvalue weighted by Gasteiger charge is -2.53. The highest BCUT2D eigenvalue weighted by Gasteiger charge is 2.52. The van der Waals surface area contributed by atoms with Crippen molar-refractivity contribution in [3.63, 3.8) is 0 Å². The predicted octanol–water partition coefficient (Wildman–Crippen LogP) is 7.00. The van der Waals surface area contributed by atoms with E-state index in [-0.39, 0.29) is 23.2 Å². The van der Waals surface area contributed by atoms with Gasteiger partial charge in [0.25, 0.3) is 0 Å². The van der Waals surface area contributed by atoms with Crippen LogP contribution in [0.3, 0.4) is 0 Å². The quantitative estimate of drug-likeness (QED) is 0.0779. The van der Waals surface area contributed by atoms with Gasteiger partial charge in [0.15, 0.2) is 0 Å². The molecule has 0 spiro atoms. The minimum Gasteiger partial charge on any atom is -0.350 e. The number of nitrogens with zero attached hydrogens (tertiary/aromatic N) is 4. The van der Waals surface area contributed by atoms with E-state index >= 15 is 0 Å². The number of rotatable bonds is 15. The highest BCUT2D eigenvalue weighted by molar-refractivity contribution is 7.99. The van der Waals surface area contributed by atoms with Crippen molar-refractivity contribution in [2.75, 3.05) is 35.2 Å². The fourth-order valence-corrected chi connectivity index (χ4v) is 7.99. The highest BCUT2D eigenvalue weighted by atomic mass is 32.2. The summed E-state index contributed by atoms with van der Waals surface area (Å²) in [6.45, 7) is 4.90. The predicted molar refractivity (Wildman–Crippen MR) is 196 cm³/mol. The van der Waals surface area contributed by atoms with E-state index in [0.29, 0.717) is 38.1 Å². The van der Waals surface area contributed by atoms with E-state index in [9.17, 15) is 0 Å². The molecule has 2 aromatic heterocycles. The first-order chi connectivity index (χ1) is 23.0. The van der Waals surface area contributed by atoms with Crippen LogP contribution < -0.4 is 22.1 Å². The van der Waals surface area contributed by atoms with Crippen LogP contribution in [0.5, 0.6) is 0 Å². The van der Waals surface area contributed by atoms with Crippen molar-refractivity contribution in [3.8, 4) is 0 Å². The summed E-state index contributed by atoms with van der Waals surface area (Å²) in [5.41, 5.74) is 16.3. The fraction of sp³-hybridized carbons (Fsp3) is 0.351. The van der Waals surface area contributed by atoms with Gasteiger partial charge in [-0.05, 0) is 47.4 Å². The molecule has 244 valence electrons. The Balaban J connectivity index is 1.32. The van der Waals surface area contributed by atoms with Gasteiger partial charge in [-0.15, -0.1) is 23.5 Å². The van der Waals surface area contributed by atoms with Gasteiger partial charge in [-0.2, -0.15) is 0 Å². The zero-order chi connectivity index (χ0) is 32.5. The molecule has 0 saturated heterocycles. The molecule has 10 heteroatoms. The van der Waals surface area contributed by atoms with Crippen molar-refractivity contribution in [1.82, 2.24) is 19.9 Å². The summed E-state index contributed by atoms with van der Waals surface area (Å²) < 4.78 is 0. The Morgan fingerprint density at radius 3 is 1.68 bits per heavy atom. The normalized spacial score (nSPS) is 21.7. The van der Waals surface area contributed by atoms with E-state index < -0.39 is 0 Å². The minimum atomic E-state index is -0.0530. The van der Waals surface area contributed by atoms with E-state index in [4.69, 9.17) is 31.4 Å². The van der Waals surface area contributed by atoms with Gasteiger partial charge in [0, 0.05) is 49.5 Å². The third kappa shape index (κ3) is 8.43. The molecule has 0 bridgehead atoms. The summed E-state index contributed by atoms with van der Waals surface area (Å²) in [5, 5.41) is 8.90. The third-order valence-corrected chi connectivity index (χ3v) is 10.8. The number of benzene rings is 2. The van der Waals surface area contributed by atoms with Crippen molar-refractivity contribution < 1.29 is 0 Å². The van der Waals surface area contributed by atoms with Crippen LogP contribution in [0.15, 0.2) is 107 Å². The van der Waals surface area contributed by atoms with E-state index in [2.05, 4.69) is 103 Å². The molecule has 1 fully saturated rings. The van der Waals surface area contributed by atoms with E-state index in [1.807, 2.05) is 12.1 Å². The Morgan fingerprint density at radius 1 is 0.723 bits per heavy atom. The van der Waals surface area contributed by atoms with Gasteiger partial charge in [0.1, 0.15) is 10.1 Å². The molecule has 0 amide bonds. The van der Waals surface area contributed by atoms with Crippen molar-refractivity contribution in [2.24, 2.45) is 22.8 Å². The van der Waals surface area contributed by atoms with E-state index in [1.54, 1.807) is 23.5 Å². The van der Waals surface area contributed by atoms with Crippen LogP contribution in [0.1, 0.15) is 54.1 Å². The molecule has 2 aliphatic rings. The summed E-state index contributed by atoms with van der Waals surface area (Å²) in [7, 11) is 0. The Labute approximate surface area is 286 Å². The number of hydrogen-bond donors (Lipinski definition) is 4. The Morgan fingerprint density at radius 2 is 1.23 bits per heavy atom. The second-order valence-electron chi connectivity index (χ2n) is 12.3. The van der Waals surface area contributed by atoms with Gasteiger partial charge in [-0.1, -0.05) is 91.9 Å². The molecular weight excluding hydrogens is 621 g/mol. The summed E-state index contributed by atoms with van der Waals surface area (Å²) in [5.74, 6) is 3.71. The molecule has 8 nitrogen and oxygen atoms in total. The van der Waals surface area contributed by atoms with Gasteiger partial charge in [0.2, 0.25) is 11.9 Å². The molecule has 0 radical (unpaired) electrons. The number of hydrogen-bond acceptors (Lipinski definition) is 10. The van der Waals surface area contributed by atoms with Crippen LogP contribution in [0.4, 0.5) is 11.9 Å². The molecule has 4 aromatic rings. The Kier molecular flexibility index (Phi) is 11.3. The standard InChI is InChI=1S/C37H44N8S2/c1-37(15-9-4-10-16-37)34-28(30-22-32(46-19-17-38)44-35(42-30)40-24-26-11-5-2-6-12-26)21-29(34)31-23-33(47-20-18-39)45-36(43-31)41-25-27-13-7-3-8-14-27/h2-15,22-23,28-29,34H,16-21,24-25,38-39H2,1H3,(H,40,42,44)(H,41,43,45). The average molecular weight is 665 g/mol. The van der Waals surface area contributed by atoms with E-state index in [1.165, 1.54) is 11.1 Å². The van der Waals surface area contributed by atoms with Crippen LogP contribution in [-0.4, -0.2) is 44.5 Å². The molecule has 0 aliphatic heterocycles. The summed E-state index contributed by atoms with van der Waals surface area (Å²) in [6, 6.07) is 25.1. The van der Waals surface area contributed by atoms with Crippen LogP contribution in [0, 0.1) is 11.3 Å². The van der Waals surface area contributed by atoms with Crippen LogP contribution in [0.2, 0.25) is 0 Å². The lowest BCUT2D eigenvalue weighted by Crippen LogP contribution is -2.44. The van der Waals surface area contributed by atoms with Crippen molar-refractivity contribution in [2.45, 2.75) is 54.7 Å². The molecular formula is C37H44N8S2. The molecule has 3 atom stereocenters. The molecule has 3 unspecified atom stereocenters. The average Bonchev–Trinajstić information content (AvgIpc) is 3.08. The number of anilines is 2. The van der Waals surface area contributed by atoms with Crippen molar-refractivity contribution >= 4 is 35.4 Å². The molecule has 1 saturated carbocycles. The maximum Gasteiger partial charge on any atom is 0.224 e. The molecule has 2 heterocycles. The number of allylic oxidation sites excluding steroid dienone is 4. The number of aromatic nitrogens is 4. The Bertz CT molecular complexity index is 1560. The smallest absolute Gasteiger partial charge is 0.224 e. The van der Waals surface area contributed by atoms with Gasteiger partial charge >= 0.3 is 0 Å². The topological polar surface area (TPSA) is 128 Å². The van der Waals surface area contributed by atoms with Gasteiger partial charge in [0.05, 0.1) is 11.4 Å². The Hall–Kier alpha value is -3.70.